The van der Waals surface area contributed by atoms with E-state index in [9.17, 15) is 14.4 Å². The van der Waals surface area contributed by atoms with Crippen molar-refractivity contribution in [2.45, 2.75) is 51.4 Å². The average molecular weight is 300 g/mol. The summed E-state index contributed by atoms with van der Waals surface area (Å²) in [6.45, 7) is 0.313. The highest BCUT2D eigenvalue weighted by molar-refractivity contribution is 5.98. The van der Waals surface area contributed by atoms with E-state index in [1.165, 1.54) is 19.3 Å². The number of ether oxygens (including phenoxy) is 1. The molecule has 0 saturated heterocycles. The summed E-state index contributed by atoms with van der Waals surface area (Å²) in [5, 5.41) is 17.6. The van der Waals surface area contributed by atoms with Gasteiger partial charge in [0.25, 0.3) is 0 Å². The van der Waals surface area contributed by atoms with Crippen LogP contribution in [0.1, 0.15) is 51.4 Å². The Morgan fingerprint density at radius 3 is 2.33 bits per heavy atom. The Morgan fingerprint density at radius 2 is 1.76 bits per heavy atom. The van der Waals surface area contributed by atoms with E-state index in [0.29, 0.717) is 12.5 Å². The lowest BCUT2D eigenvalue weighted by Crippen LogP contribution is -2.28. The van der Waals surface area contributed by atoms with Crippen molar-refractivity contribution in [1.82, 2.24) is 0 Å². The highest BCUT2D eigenvalue weighted by Gasteiger charge is 2.26. The fourth-order valence-corrected chi connectivity index (χ4v) is 2.66. The van der Waals surface area contributed by atoms with Crippen molar-refractivity contribution in [2.75, 3.05) is 13.2 Å². The predicted octanol–water partition coefficient (Wildman–Crippen LogP) is 2.11. The molecule has 1 saturated carbocycles. The lowest BCUT2D eigenvalue weighted by atomic mass is 9.90. The Kier molecular flexibility index (Phi) is 7.97. The van der Waals surface area contributed by atoms with Crippen LogP contribution in [0.3, 0.4) is 0 Å². The molecule has 6 nitrogen and oxygen atoms in total. The molecule has 0 bridgehead atoms. The first-order valence-corrected chi connectivity index (χ1v) is 7.55. The molecule has 0 aromatic rings. The molecule has 2 N–H and O–H groups in total. The highest BCUT2D eigenvalue weighted by Crippen LogP contribution is 2.23. The summed E-state index contributed by atoms with van der Waals surface area (Å²) in [4.78, 5) is 33.3. The van der Waals surface area contributed by atoms with Gasteiger partial charge >= 0.3 is 11.9 Å². The lowest BCUT2D eigenvalue weighted by Gasteiger charge is -2.21. The number of Topliss-reactive ketones (excluding diaryl/α,β-unsaturated/α-hetero) is 1. The second kappa shape index (κ2) is 9.50. The largest absolute Gasteiger partial charge is 0.481 e. The molecule has 1 unspecified atom stereocenters. The summed E-state index contributed by atoms with van der Waals surface area (Å²) in [5.41, 5.74) is 0. The van der Waals surface area contributed by atoms with E-state index >= 15 is 0 Å². The molecule has 6 heteroatoms. The lowest BCUT2D eigenvalue weighted by molar-refractivity contribution is -0.149. The van der Waals surface area contributed by atoms with Gasteiger partial charge in [0.15, 0.2) is 5.78 Å². The minimum absolute atomic E-state index is 0.0489. The maximum Gasteiger partial charge on any atom is 0.314 e. The fourth-order valence-electron chi connectivity index (χ4n) is 2.66. The van der Waals surface area contributed by atoms with E-state index in [4.69, 9.17) is 14.9 Å². The molecular weight excluding hydrogens is 276 g/mol. The Morgan fingerprint density at radius 1 is 1.10 bits per heavy atom. The summed E-state index contributed by atoms with van der Waals surface area (Å²) in [5.74, 6) is -3.34. The molecule has 0 radical (unpaired) electrons. The van der Waals surface area contributed by atoms with E-state index in [-0.39, 0.29) is 25.9 Å². The van der Waals surface area contributed by atoms with E-state index < -0.39 is 23.6 Å². The highest BCUT2D eigenvalue weighted by atomic mass is 16.5. The van der Waals surface area contributed by atoms with Crippen molar-refractivity contribution >= 4 is 17.7 Å². The number of hydrogen-bond donors (Lipinski definition) is 2. The van der Waals surface area contributed by atoms with Crippen molar-refractivity contribution in [1.29, 1.82) is 0 Å². The zero-order valence-corrected chi connectivity index (χ0v) is 12.3. The van der Waals surface area contributed by atoms with Crippen molar-refractivity contribution in [3.8, 4) is 0 Å². The van der Waals surface area contributed by atoms with Crippen LogP contribution < -0.4 is 0 Å². The third kappa shape index (κ3) is 7.22. The van der Waals surface area contributed by atoms with Crippen molar-refractivity contribution < 1.29 is 29.3 Å². The van der Waals surface area contributed by atoms with Crippen LogP contribution in [0.15, 0.2) is 0 Å². The normalized spacial score (nSPS) is 17.3. The van der Waals surface area contributed by atoms with Crippen LogP contribution in [0.2, 0.25) is 0 Å². The van der Waals surface area contributed by atoms with Crippen molar-refractivity contribution in [3.63, 3.8) is 0 Å². The van der Waals surface area contributed by atoms with E-state index in [1.807, 2.05) is 0 Å². The van der Waals surface area contributed by atoms with Crippen molar-refractivity contribution in [3.05, 3.63) is 0 Å². The van der Waals surface area contributed by atoms with E-state index in [2.05, 4.69) is 0 Å². The third-order valence-corrected chi connectivity index (χ3v) is 3.89. The number of carbonyl (C=O) groups excluding carboxylic acids is 1. The monoisotopic (exact) mass is 300 g/mol. The standard InChI is InChI=1S/C15H24O6/c16-13(10-21-9-11-5-2-1-3-6-11)12(15(19)20)7-4-8-14(17)18/h11-12H,1-10H2,(H,17,18)(H,19,20). The molecule has 1 atom stereocenters. The minimum atomic E-state index is -1.20. The van der Waals surface area contributed by atoms with Crippen LogP contribution in [0.5, 0.6) is 0 Å². The Balaban J connectivity index is 2.27. The molecule has 1 fully saturated rings. The van der Waals surface area contributed by atoms with Gasteiger partial charge < -0.3 is 14.9 Å². The van der Waals surface area contributed by atoms with E-state index in [1.54, 1.807) is 0 Å². The molecule has 0 aliphatic heterocycles. The van der Waals surface area contributed by atoms with Gasteiger partial charge in [-0.15, -0.1) is 0 Å². The molecule has 0 aromatic heterocycles. The average Bonchev–Trinajstić information content (AvgIpc) is 2.44. The smallest absolute Gasteiger partial charge is 0.314 e. The Hall–Kier alpha value is -1.43. The van der Waals surface area contributed by atoms with Gasteiger partial charge in [-0.25, -0.2) is 0 Å². The Bertz CT molecular complexity index is 359. The minimum Gasteiger partial charge on any atom is -0.481 e. The molecule has 0 spiro atoms. The molecule has 120 valence electrons. The second-order valence-corrected chi connectivity index (χ2v) is 5.66. The van der Waals surface area contributed by atoms with Gasteiger partial charge in [-0.3, -0.25) is 14.4 Å². The van der Waals surface area contributed by atoms with Crippen LogP contribution in [-0.4, -0.2) is 41.1 Å². The molecule has 21 heavy (non-hydrogen) atoms. The summed E-state index contributed by atoms with van der Waals surface area (Å²) in [7, 11) is 0. The Labute approximate surface area is 124 Å². The van der Waals surface area contributed by atoms with Gasteiger partial charge in [0.05, 0.1) is 0 Å². The van der Waals surface area contributed by atoms with Gasteiger partial charge in [-0.1, -0.05) is 19.3 Å². The number of carboxylic acids is 2. The molecule has 0 heterocycles. The fraction of sp³-hybridized carbons (Fsp3) is 0.800. The number of carbonyl (C=O) groups is 3. The number of rotatable bonds is 10. The number of hydrogen-bond acceptors (Lipinski definition) is 4. The summed E-state index contributed by atoms with van der Waals surface area (Å²) >= 11 is 0. The van der Waals surface area contributed by atoms with Crippen LogP contribution in [-0.2, 0) is 19.1 Å². The molecule has 0 amide bonds. The third-order valence-electron chi connectivity index (χ3n) is 3.89. The van der Waals surface area contributed by atoms with Crippen molar-refractivity contribution in [2.24, 2.45) is 11.8 Å². The predicted molar refractivity (Wildman–Crippen MR) is 75.0 cm³/mol. The summed E-state index contributed by atoms with van der Waals surface area (Å²) in [6, 6.07) is 0. The van der Waals surface area contributed by atoms with E-state index in [0.717, 1.165) is 12.8 Å². The topological polar surface area (TPSA) is 101 Å². The first-order valence-electron chi connectivity index (χ1n) is 7.55. The zero-order valence-electron chi connectivity index (χ0n) is 12.3. The summed E-state index contributed by atoms with van der Waals surface area (Å²) in [6.07, 6.45) is 5.95. The number of aliphatic carboxylic acids is 2. The van der Waals surface area contributed by atoms with Crippen LogP contribution in [0, 0.1) is 11.8 Å². The molecule has 1 aliphatic rings. The van der Waals surface area contributed by atoms with Gasteiger partial charge in [-0.2, -0.15) is 0 Å². The zero-order chi connectivity index (χ0) is 15.7. The maximum absolute atomic E-state index is 11.8. The second-order valence-electron chi connectivity index (χ2n) is 5.66. The quantitative estimate of drug-likeness (QED) is 0.599. The van der Waals surface area contributed by atoms with Gasteiger partial charge in [0.2, 0.25) is 0 Å². The molecule has 1 aliphatic carbocycles. The first kappa shape index (κ1) is 17.6. The SMILES string of the molecule is O=C(O)CCCC(C(=O)O)C(=O)COCC1CCCCC1. The first-order chi connectivity index (χ1) is 10.0. The van der Waals surface area contributed by atoms with Crippen LogP contribution in [0.25, 0.3) is 0 Å². The molecular formula is C15H24O6. The van der Waals surface area contributed by atoms with Crippen LogP contribution >= 0.6 is 0 Å². The molecule has 0 aromatic carbocycles. The van der Waals surface area contributed by atoms with Crippen LogP contribution in [0.4, 0.5) is 0 Å². The number of ketones is 1. The van der Waals surface area contributed by atoms with Gasteiger partial charge in [0.1, 0.15) is 12.5 Å². The van der Waals surface area contributed by atoms with Gasteiger partial charge in [-0.05, 0) is 31.6 Å². The molecule has 1 rings (SSSR count). The summed E-state index contributed by atoms with van der Waals surface area (Å²) < 4.78 is 5.36. The maximum atomic E-state index is 11.8. The number of carboxylic acid groups (broad SMARTS) is 2. The van der Waals surface area contributed by atoms with Gasteiger partial charge in [0, 0.05) is 13.0 Å².